The lowest BCUT2D eigenvalue weighted by atomic mass is 9.90. The minimum atomic E-state index is -1.22. The number of amides is 5. The third-order valence-electron chi connectivity index (χ3n) is 11.5. The summed E-state index contributed by atoms with van der Waals surface area (Å²) in [6.45, 7) is 3.40. The van der Waals surface area contributed by atoms with Crippen molar-refractivity contribution in [1.82, 2.24) is 26.6 Å². The number of Topliss-reactive ketones (excluding diaryl/α,β-unsaturated/α-hetero) is 2. The van der Waals surface area contributed by atoms with Gasteiger partial charge in [0, 0.05) is 30.3 Å². The molecule has 65 heavy (non-hydrogen) atoms. The van der Waals surface area contributed by atoms with Gasteiger partial charge in [0.2, 0.25) is 29.5 Å². The van der Waals surface area contributed by atoms with Crippen LogP contribution in [0.2, 0.25) is 0 Å². The quantitative estimate of drug-likeness (QED) is 0.0859. The lowest BCUT2D eigenvalue weighted by Gasteiger charge is -2.28. The Bertz CT molecular complexity index is 2170. The highest BCUT2D eigenvalue weighted by atomic mass is 33.1. The van der Waals surface area contributed by atoms with Crippen LogP contribution in [-0.2, 0) is 52.8 Å². The van der Waals surface area contributed by atoms with E-state index in [1.165, 1.54) is 40.6 Å². The molecule has 17 heteroatoms. The van der Waals surface area contributed by atoms with E-state index in [4.69, 9.17) is 11.5 Å². The largest absolute Gasteiger partial charge is 0.508 e. The molecule has 15 nitrogen and oxygen atoms in total. The van der Waals surface area contributed by atoms with Gasteiger partial charge < -0.3 is 43.2 Å². The van der Waals surface area contributed by atoms with E-state index in [0.717, 1.165) is 22.3 Å². The number of aromatic hydroxyl groups is 1. The van der Waals surface area contributed by atoms with Crippen LogP contribution in [0.4, 0.5) is 0 Å². The number of carbonyl (C=O) groups excluding carboxylic acids is 7. The van der Waals surface area contributed by atoms with Gasteiger partial charge in [-0.25, -0.2) is 0 Å². The molecule has 1 heterocycles. The Balaban J connectivity index is 1.52. The maximum atomic E-state index is 14.7. The van der Waals surface area contributed by atoms with E-state index < -0.39 is 77.5 Å². The molecule has 5 amide bonds. The van der Waals surface area contributed by atoms with E-state index in [9.17, 15) is 38.7 Å². The number of phenols is 1. The molecule has 1 aliphatic carbocycles. The molecular weight excluding hydrogens is 867 g/mol. The zero-order chi connectivity index (χ0) is 46.9. The minimum absolute atomic E-state index is 0.0124. The van der Waals surface area contributed by atoms with Crippen molar-refractivity contribution in [3.63, 3.8) is 0 Å². The molecule has 0 spiro atoms. The SMILES string of the molecule is CC[C@@H]1NC(=O)[C@H](CCCCN)NC(=O)[C@@H](CC2=CCc3ccccc32)NC(=O)[C@H](Cc2ccc(O)cc2)CC(=O)[C@@H](NC(=O)[C@H](N)Cc2ccccc2)CSSC[C@@H](C(C)=O)NC1=O. The number of phenolic OH excluding ortho intramolecular Hbond substituents is 1. The fraction of sp³-hybridized carbons (Fsp3) is 0.438. The highest BCUT2D eigenvalue weighted by Crippen LogP contribution is 2.31. The molecule has 1 saturated heterocycles. The van der Waals surface area contributed by atoms with Gasteiger partial charge in [-0.2, -0.15) is 0 Å². The Morgan fingerprint density at radius 2 is 1.42 bits per heavy atom. The summed E-state index contributed by atoms with van der Waals surface area (Å²) in [6.07, 6.45) is 3.96. The van der Waals surface area contributed by atoms with Crippen molar-refractivity contribution >= 4 is 68.3 Å². The molecule has 3 aromatic rings. The molecule has 0 saturated carbocycles. The number of hydrogen-bond donors (Lipinski definition) is 8. The Morgan fingerprint density at radius 3 is 2.12 bits per heavy atom. The molecule has 3 aromatic carbocycles. The first kappa shape index (κ1) is 50.5. The van der Waals surface area contributed by atoms with Crippen LogP contribution in [0.25, 0.3) is 5.57 Å². The second kappa shape index (κ2) is 25.3. The third kappa shape index (κ3) is 15.3. The number of fused-ring (bicyclic) bond motifs is 1. The summed E-state index contributed by atoms with van der Waals surface area (Å²) < 4.78 is 0. The van der Waals surface area contributed by atoms with Gasteiger partial charge in [0.1, 0.15) is 23.9 Å². The predicted molar refractivity (Wildman–Crippen MR) is 254 cm³/mol. The molecule has 10 N–H and O–H groups in total. The first-order valence-electron chi connectivity index (χ1n) is 22.1. The number of allylic oxidation sites excluding steroid dienone is 1. The summed E-state index contributed by atoms with van der Waals surface area (Å²) in [5.74, 6) is -4.76. The van der Waals surface area contributed by atoms with E-state index in [-0.39, 0.29) is 61.6 Å². The topological polar surface area (TPSA) is 252 Å². The number of nitrogens with one attached hydrogen (secondary N) is 5. The van der Waals surface area contributed by atoms with Crippen LogP contribution in [0.5, 0.6) is 5.75 Å². The summed E-state index contributed by atoms with van der Waals surface area (Å²) in [4.78, 5) is 97.8. The third-order valence-corrected chi connectivity index (χ3v) is 14.0. The maximum absolute atomic E-state index is 14.7. The number of nitrogens with two attached hydrogens (primary N) is 2. The average Bonchev–Trinajstić information content (AvgIpc) is 3.70. The van der Waals surface area contributed by atoms with Crippen LogP contribution in [-0.4, -0.2) is 101 Å². The number of unbranched alkanes of at least 4 members (excludes halogenated alkanes) is 1. The molecule has 7 atom stereocenters. The first-order chi connectivity index (χ1) is 31.3. The summed E-state index contributed by atoms with van der Waals surface area (Å²) >= 11 is 0. The standard InChI is InChI=1S/C48H61N7O8S2/c1-3-38-46(61)54-41(29(2)56)27-64-65-28-42(55-45(60)37(50)24-30-11-5-4-6-12-30)43(58)26-34(23-31-16-20-35(57)21-17-31)44(59)53-40(25-33-19-18-32-13-7-8-14-36(32)33)48(63)52-39(47(62)51-38)15-9-10-22-49/h4-8,11-14,16-17,19-21,34,37-42,57H,3,9-10,15,18,22-28,49-50H2,1-2H3,(H,51,62)(H,52,63)(H,53,59)(H,54,61)(H,55,60)/t34-,37-,38+,39+,40-,41+,42+/m1/s1. The molecular formula is C48H61N7O8S2. The lowest BCUT2D eigenvalue weighted by molar-refractivity contribution is -0.135. The van der Waals surface area contributed by atoms with Crippen molar-refractivity contribution < 1.29 is 38.7 Å². The number of benzene rings is 3. The molecule has 0 radical (unpaired) electrons. The van der Waals surface area contributed by atoms with Crippen LogP contribution in [0.3, 0.4) is 0 Å². The van der Waals surface area contributed by atoms with Gasteiger partial charge in [0.05, 0.1) is 18.1 Å². The van der Waals surface area contributed by atoms with E-state index in [1.54, 1.807) is 19.1 Å². The van der Waals surface area contributed by atoms with E-state index in [0.29, 0.717) is 31.4 Å². The molecule has 0 aromatic heterocycles. The average molecular weight is 928 g/mol. The monoisotopic (exact) mass is 927 g/mol. The van der Waals surface area contributed by atoms with E-state index >= 15 is 0 Å². The normalized spacial score (nSPS) is 23.1. The van der Waals surface area contributed by atoms with Crippen molar-refractivity contribution in [2.45, 2.75) is 108 Å². The number of ketones is 2. The van der Waals surface area contributed by atoms with Gasteiger partial charge >= 0.3 is 0 Å². The summed E-state index contributed by atoms with van der Waals surface area (Å²) in [5, 5.41) is 24.2. The number of hydrogen-bond acceptors (Lipinski definition) is 12. The summed E-state index contributed by atoms with van der Waals surface area (Å²) in [5.41, 5.74) is 16.4. The molecule has 1 fully saturated rings. The molecule has 0 unspecified atom stereocenters. The van der Waals surface area contributed by atoms with Crippen molar-refractivity contribution in [2.24, 2.45) is 17.4 Å². The van der Waals surface area contributed by atoms with Crippen molar-refractivity contribution in [3.05, 3.63) is 107 Å². The lowest BCUT2D eigenvalue weighted by Crippen LogP contribution is -2.58. The van der Waals surface area contributed by atoms with E-state index in [1.807, 2.05) is 60.7 Å². The van der Waals surface area contributed by atoms with Gasteiger partial charge in [-0.15, -0.1) is 0 Å². The van der Waals surface area contributed by atoms with Crippen LogP contribution in [0.15, 0.2) is 84.9 Å². The minimum Gasteiger partial charge on any atom is -0.508 e. The summed E-state index contributed by atoms with van der Waals surface area (Å²) in [7, 11) is 2.42. The van der Waals surface area contributed by atoms with Gasteiger partial charge in [-0.1, -0.05) is 101 Å². The highest BCUT2D eigenvalue weighted by Gasteiger charge is 2.35. The first-order valence-corrected chi connectivity index (χ1v) is 24.6. The van der Waals surface area contributed by atoms with Crippen molar-refractivity contribution in [1.29, 1.82) is 0 Å². The fourth-order valence-electron chi connectivity index (χ4n) is 7.71. The molecule has 1 aliphatic heterocycles. The van der Waals surface area contributed by atoms with E-state index in [2.05, 4.69) is 26.6 Å². The second-order valence-corrected chi connectivity index (χ2v) is 19.1. The van der Waals surface area contributed by atoms with Crippen LogP contribution in [0, 0.1) is 5.92 Å². The second-order valence-electron chi connectivity index (χ2n) is 16.5. The van der Waals surface area contributed by atoms with Gasteiger partial charge in [0.25, 0.3) is 0 Å². The van der Waals surface area contributed by atoms with Crippen molar-refractivity contribution in [3.8, 4) is 5.75 Å². The Kier molecular flexibility index (Phi) is 19.6. The summed E-state index contributed by atoms with van der Waals surface area (Å²) in [6, 6.07) is 16.7. The smallest absolute Gasteiger partial charge is 0.243 e. The zero-order valence-corrected chi connectivity index (χ0v) is 38.5. The zero-order valence-electron chi connectivity index (χ0n) is 36.9. The molecule has 5 rings (SSSR count). The predicted octanol–water partition coefficient (Wildman–Crippen LogP) is 3.06. The van der Waals surface area contributed by atoms with Gasteiger partial charge in [-0.05, 0) is 98.4 Å². The van der Waals surface area contributed by atoms with Gasteiger partial charge in [0.15, 0.2) is 11.6 Å². The number of carbonyl (C=O) groups is 7. The molecule has 2 aliphatic rings. The fourth-order valence-corrected chi connectivity index (χ4v) is 10.2. The van der Waals surface area contributed by atoms with Crippen molar-refractivity contribution in [2.75, 3.05) is 18.1 Å². The maximum Gasteiger partial charge on any atom is 0.243 e. The molecule has 348 valence electrons. The number of rotatable bonds is 14. The Hall–Kier alpha value is -5.49. The Labute approximate surface area is 388 Å². The van der Waals surface area contributed by atoms with Crippen LogP contribution < -0.4 is 38.1 Å². The van der Waals surface area contributed by atoms with Crippen LogP contribution in [0.1, 0.15) is 74.6 Å². The molecule has 0 bridgehead atoms. The van der Waals surface area contributed by atoms with Crippen LogP contribution >= 0.6 is 21.6 Å². The Morgan fingerprint density at radius 1 is 0.769 bits per heavy atom. The highest BCUT2D eigenvalue weighted by molar-refractivity contribution is 8.76. The van der Waals surface area contributed by atoms with Gasteiger partial charge in [-0.3, -0.25) is 33.6 Å².